The Labute approximate surface area is 169 Å². The van der Waals surface area contributed by atoms with Crippen molar-refractivity contribution in [3.63, 3.8) is 0 Å². The number of hydrogen-bond donors (Lipinski definition) is 2. The summed E-state index contributed by atoms with van der Waals surface area (Å²) in [5.41, 5.74) is 2.15. The molecular weight excluding hydrogens is 372 g/mol. The summed E-state index contributed by atoms with van der Waals surface area (Å²) in [6.45, 7) is 0.798. The topological polar surface area (TPSA) is 64.2 Å². The van der Waals surface area contributed by atoms with E-state index in [9.17, 15) is 4.79 Å². The quantitative estimate of drug-likeness (QED) is 0.584. The van der Waals surface area contributed by atoms with Gasteiger partial charge in [-0.25, -0.2) is 0 Å². The van der Waals surface area contributed by atoms with E-state index in [1.807, 2.05) is 42.5 Å². The predicted octanol–water partition coefficient (Wildman–Crippen LogP) is 2.73. The summed E-state index contributed by atoms with van der Waals surface area (Å²) in [7, 11) is 3.20. The molecule has 6 heteroatoms. The smallest absolute Gasteiger partial charge is 0.275 e. The molecule has 0 spiro atoms. The summed E-state index contributed by atoms with van der Waals surface area (Å²) in [5.74, 6) is 1.32. The molecule has 0 aliphatic heterocycles. The van der Waals surface area contributed by atoms with Gasteiger partial charge in [-0.1, -0.05) is 42.5 Å². The van der Waals surface area contributed by atoms with E-state index in [1.165, 1.54) is 10.4 Å². The SMILES string of the molecule is COc1ccc(CNC(=O)C[NH2+][C@H](c2ccccc2)c2cccs2)cc1OC. The molecule has 1 amide bonds. The van der Waals surface area contributed by atoms with Crippen molar-refractivity contribution in [1.82, 2.24) is 5.32 Å². The van der Waals surface area contributed by atoms with Gasteiger partial charge in [0.15, 0.2) is 18.0 Å². The van der Waals surface area contributed by atoms with Crippen LogP contribution in [0, 0.1) is 0 Å². The molecule has 0 bridgehead atoms. The van der Waals surface area contributed by atoms with Crippen molar-refractivity contribution in [2.45, 2.75) is 12.6 Å². The third-order valence-corrected chi connectivity index (χ3v) is 5.44. The van der Waals surface area contributed by atoms with E-state index in [4.69, 9.17) is 9.47 Å². The molecule has 0 aliphatic rings. The van der Waals surface area contributed by atoms with Crippen LogP contribution in [0.4, 0.5) is 0 Å². The predicted molar refractivity (Wildman–Crippen MR) is 111 cm³/mol. The lowest BCUT2D eigenvalue weighted by Gasteiger charge is -2.15. The highest BCUT2D eigenvalue weighted by Crippen LogP contribution is 2.27. The van der Waals surface area contributed by atoms with E-state index in [1.54, 1.807) is 25.6 Å². The molecular formula is C22H25N2O3S+. The average molecular weight is 398 g/mol. The second-order valence-corrected chi connectivity index (χ2v) is 7.29. The Balaban J connectivity index is 1.58. The highest BCUT2D eigenvalue weighted by Gasteiger charge is 2.19. The normalized spacial score (nSPS) is 11.6. The first kappa shape index (κ1) is 19.9. The second kappa shape index (κ2) is 9.92. The Morgan fingerprint density at radius 2 is 1.82 bits per heavy atom. The van der Waals surface area contributed by atoms with Gasteiger partial charge in [0.05, 0.1) is 19.1 Å². The number of nitrogens with two attached hydrogens (primary N) is 1. The number of thiophene rings is 1. The molecule has 0 saturated carbocycles. The van der Waals surface area contributed by atoms with Gasteiger partial charge in [-0.05, 0) is 29.1 Å². The van der Waals surface area contributed by atoms with Crippen LogP contribution in [0.2, 0.25) is 0 Å². The van der Waals surface area contributed by atoms with Crippen LogP contribution >= 0.6 is 11.3 Å². The summed E-state index contributed by atoms with van der Waals surface area (Å²) in [5, 5.41) is 7.12. The molecule has 146 valence electrons. The maximum atomic E-state index is 12.4. The van der Waals surface area contributed by atoms with Crippen LogP contribution in [-0.2, 0) is 11.3 Å². The van der Waals surface area contributed by atoms with Gasteiger partial charge in [0.25, 0.3) is 5.91 Å². The van der Waals surface area contributed by atoms with E-state index in [2.05, 4.69) is 34.2 Å². The fourth-order valence-corrected chi connectivity index (χ4v) is 3.88. The van der Waals surface area contributed by atoms with E-state index in [-0.39, 0.29) is 11.9 Å². The Morgan fingerprint density at radius 1 is 1.04 bits per heavy atom. The Morgan fingerprint density at radius 3 is 2.50 bits per heavy atom. The Bertz CT molecular complexity index is 882. The van der Waals surface area contributed by atoms with E-state index >= 15 is 0 Å². The molecule has 3 rings (SSSR count). The van der Waals surface area contributed by atoms with E-state index < -0.39 is 0 Å². The van der Waals surface area contributed by atoms with Gasteiger partial charge in [0.2, 0.25) is 0 Å². The minimum atomic E-state index is -0.00716. The van der Waals surface area contributed by atoms with E-state index in [0.29, 0.717) is 24.6 Å². The van der Waals surface area contributed by atoms with Gasteiger partial charge in [0, 0.05) is 12.1 Å². The van der Waals surface area contributed by atoms with Crippen LogP contribution in [0.5, 0.6) is 11.5 Å². The van der Waals surface area contributed by atoms with Crippen molar-refractivity contribution in [2.24, 2.45) is 0 Å². The summed E-state index contributed by atoms with van der Waals surface area (Å²) in [6.07, 6.45) is 0. The molecule has 0 unspecified atom stereocenters. The Hall–Kier alpha value is -2.83. The zero-order valence-electron chi connectivity index (χ0n) is 16.1. The van der Waals surface area contributed by atoms with Crippen molar-refractivity contribution >= 4 is 17.2 Å². The number of carbonyl (C=O) groups is 1. The molecule has 2 aromatic carbocycles. The first-order chi connectivity index (χ1) is 13.7. The molecule has 28 heavy (non-hydrogen) atoms. The van der Waals surface area contributed by atoms with E-state index in [0.717, 1.165) is 5.56 Å². The number of ether oxygens (including phenoxy) is 2. The lowest BCUT2D eigenvalue weighted by Crippen LogP contribution is -2.87. The summed E-state index contributed by atoms with van der Waals surface area (Å²) < 4.78 is 10.6. The summed E-state index contributed by atoms with van der Waals surface area (Å²) in [4.78, 5) is 13.6. The van der Waals surface area contributed by atoms with Crippen molar-refractivity contribution in [3.05, 3.63) is 82.0 Å². The van der Waals surface area contributed by atoms with Gasteiger partial charge in [0.1, 0.15) is 6.04 Å². The van der Waals surface area contributed by atoms with Gasteiger partial charge in [-0.2, -0.15) is 0 Å². The molecule has 1 atom stereocenters. The number of hydrogen-bond acceptors (Lipinski definition) is 4. The highest BCUT2D eigenvalue weighted by molar-refractivity contribution is 7.10. The van der Waals surface area contributed by atoms with Gasteiger partial charge < -0.3 is 20.1 Å². The molecule has 5 nitrogen and oxygen atoms in total. The van der Waals surface area contributed by atoms with Crippen LogP contribution in [0.3, 0.4) is 0 Å². The number of amides is 1. The highest BCUT2D eigenvalue weighted by atomic mass is 32.1. The van der Waals surface area contributed by atoms with Gasteiger partial charge >= 0.3 is 0 Å². The minimum Gasteiger partial charge on any atom is -0.493 e. The number of benzene rings is 2. The molecule has 0 radical (unpaired) electrons. The van der Waals surface area contributed by atoms with Crippen molar-refractivity contribution < 1.29 is 19.6 Å². The molecule has 0 aliphatic carbocycles. The molecule has 3 aromatic rings. The number of nitrogens with one attached hydrogen (secondary N) is 1. The second-order valence-electron chi connectivity index (χ2n) is 6.31. The lowest BCUT2D eigenvalue weighted by molar-refractivity contribution is -0.676. The molecule has 1 heterocycles. The fraction of sp³-hybridized carbons (Fsp3) is 0.227. The van der Waals surface area contributed by atoms with Crippen LogP contribution in [-0.4, -0.2) is 26.7 Å². The maximum absolute atomic E-state index is 12.4. The van der Waals surface area contributed by atoms with Gasteiger partial charge in [-0.3, -0.25) is 4.79 Å². The zero-order chi connectivity index (χ0) is 19.8. The summed E-state index contributed by atoms with van der Waals surface area (Å²) in [6, 6.07) is 20.2. The van der Waals surface area contributed by atoms with Crippen molar-refractivity contribution in [3.8, 4) is 11.5 Å². The van der Waals surface area contributed by atoms with Gasteiger partial charge in [-0.15, -0.1) is 11.3 Å². The standard InChI is InChI=1S/C22H24N2O3S/c1-26-18-11-10-16(13-19(18)27-2)14-23-21(25)15-24-22(20-9-6-12-28-20)17-7-4-3-5-8-17/h3-13,22,24H,14-15H2,1-2H3,(H,23,25)/p+1/t22-/m1/s1. The zero-order valence-corrected chi connectivity index (χ0v) is 16.9. The number of carbonyl (C=O) groups excluding carboxylic acids is 1. The molecule has 1 aromatic heterocycles. The average Bonchev–Trinajstić information content (AvgIpc) is 3.27. The van der Waals surface area contributed by atoms with Crippen LogP contribution < -0.4 is 20.1 Å². The third-order valence-electron chi connectivity index (χ3n) is 4.48. The molecule has 3 N–H and O–H groups in total. The minimum absolute atomic E-state index is 0.00716. The molecule has 0 saturated heterocycles. The number of rotatable bonds is 9. The number of quaternary nitrogens is 1. The maximum Gasteiger partial charge on any atom is 0.275 e. The first-order valence-electron chi connectivity index (χ1n) is 9.10. The van der Waals surface area contributed by atoms with Crippen molar-refractivity contribution in [2.75, 3.05) is 20.8 Å². The lowest BCUT2D eigenvalue weighted by atomic mass is 10.1. The molecule has 0 fully saturated rings. The summed E-state index contributed by atoms with van der Waals surface area (Å²) >= 11 is 1.71. The Kier molecular flexibility index (Phi) is 7.06. The first-order valence-corrected chi connectivity index (χ1v) is 9.98. The van der Waals surface area contributed by atoms with Crippen LogP contribution in [0.25, 0.3) is 0 Å². The number of methoxy groups -OCH3 is 2. The van der Waals surface area contributed by atoms with Crippen LogP contribution in [0.15, 0.2) is 66.0 Å². The fourth-order valence-electron chi connectivity index (χ4n) is 3.03. The monoisotopic (exact) mass is 397 g/mol. The van der Waals surface area contributed by atoms with Crippen molar-refractivity contribution in [1.29, 1.82) is 0 Å². The third kappa shape index (κ3) is 5.12. The van der Waals surface area contributed by atoms with Crippen LogP contribution in [0.1, 0.15) is 22.0 Å². The largest absolute Gasteiger partial charge is 0.493 e.